The van der Waals surface area contributed by atoms with Crippen molar-refractivity contribution >= 4 is 28.8 Å². The van der Waals surface area contributed by atoms with Gasteiger partial charge >= 0.3 is 0 Å². The van der Waals surface area contributed by atoms with E-state index in [-0.39, 0.29) is 0 Å². The van der Waals surface area contributed by atoms with Gasteiger partial charge in [-0.3, -0.25) is 0 Å². The van der Waals surface area contributed by atoms with E-state index >= 15 is 0 Å². The fourth-order valence-corrected chi connectivity index (χ4v) is 3.60. The lowest BCUT2D eigenvalue weighted by Crippen LogP contribution is -2.37. The summed E-state index contributed by atoms with van der Waals surface area (Å²) in [6.07, 6.45) is 7.80. The first kappa shape index (κ1) is 18.6. The summed E-state index contributed by atoms with van der Waals surface area (Å²) in [5.41, 5.74) is 2.29. The normalized spacial score (nSPS) is 17.0. The molecule has 138 valence electrons. The minimum atomic E-state index is 0.572. The molecule has 1 aromatic carbocycles. The highest BCUT2D eigenvalue weighted by atomic mass is 32.1. The number of hydrogen-bond donors (Lipinski definition) is 2. The van der Waals surface area contributed by atoms with Gasteiger partial charge in [-0.05, 0) is 68.9 Å². The number of aryl methyl sites for hydroxylation is 1. The average molecular weight is 369 g/mol. The third kappa shape index (κ3) is 5.43. The zero-order valence-corrected chi connectivity index (χ0v) is 16.3. The minimum Gasteiger partial charge on any atom is -0.362 e. The van der Waals surface area contributed by atoms with E-state index < -0.39 is 0 Å². The molecule has 0 radical (unpaired) electrons. The third-order valence-electron chi connectivity index (χ3n) is 4.87. The summed E-state index contributed by atoms with van der Waals surface area (Å²) in [6, 6.07) is 15.2. The second kappa shape index (κ2) is 9.53. The van der Waals surface area contributed by atoms with Crippen molar-refractivity contribution in [3.05, 3.63) is 54.2 Å². The van der Waals surface area contributed by atoms with E-state index in [9.17, 15) is 0 Å². The lowest BCUT2D eigenvalue weighted by atomic mass is 10.0. The van der Waals surface area contributed by atoms with Crippen LogP contribution in [0.2, 0.25) is 0 Å². The Morgan fingerprint density at radius 2 is 2.04 bits per heavy atom. The Bertz CT molecular complexity index is 687. The number of hydrogen-bond acceptors (Lipinski definition) is 3. The van der Waals surface area contributed by atoms with E-state index in [1.165, 1.54) is 24.8 Å². The molecule has 1 fully saturated rings. The monoisotopic (exact) mass is 368 g/mol. The number of pyridine rings is 1. The summed E-state index contributed by atoms with van der Waals surface area (Å²) in [5, 5.41) is 7.14. The highest BCUT2D eigenvalue weighted by Crippen LogP contribution is 2.23. The second-order valence-corrected chi connectivity index (χ2v) is 7.32. The first-order valence-electron chi connectivity index (χ1n) is 9.54. The molecule has 5 heteroatoms. The molecule has 1 aromatic heterocycles. The Morgan fingerprint density at radius 1 is 1.19 bits per heavy atom. The molecule has 1 aliphatic heterocycles. The number of anilines is 2. The first-order valence-corrected chi connectivity index (χ1v) is 9.94. The molecule has 0 amide bonds. The Morgan fingerprint density at radius 3 is 2.77 bits per heavy atom. The number of piperidine rings is 1. The van der Waals surface area contributed by atoms with Crippen LogP contribution < -0.4 is 15.5 Å². The van der Waals surface area contributed by atoms with Crippen LogP contribution in [0, 0.1) is 0 Å². The van der Waals surface area contributed by atoms with Gasteiger partial charge in [-0.2, -0.15) is 0 Å². The molecule has 2 N–H and O–H groups in total. The van der Waals surface area contributed by atoms with Crippen LogP contribution in [0.25, 0.3) is 0 Å². The zero-order chi connectivity index (χ0) is 18.2. The maximum atomic E-state index is 5.38. The van der Waals surface area contributed by atoms with Gasteiger partial charge in [-0.25, -0.2) is 4.98 Å². The molecular weight excluding hydrogens is 340 g/mol. The second-order valence-electron chi connectivity index (χ2n) is 6.91. The lowest BCUT2D eigenvalue weighted by Gasteiger charge is -2.34. The molecule has 0 unspecified atom stereocenters. The van der Waals surface area contributed by atoms with E-state index in [1.807, 2.05) is 12.3 Å². The van der Waals surface area contributed by atoms with Crippen molar-refractivity contribution in [1.82, 2.24) is 10.3 Å². The average Bonchev–Trinajstić information content (AvgIpc) is 2.67. The van der Waals surface area contributed by atoms with E-state index in [1.54, 1.807) is 0 Å². The number of nitrogens with one attached hydrogen (secondary N) is 2. The van der Waals surface area contributed by atoms with Crippen molar-refractivity contribution in [1.29, 1.82) is 0 Å². The predicted octanol–water partition coefficient (Wildman–Crippen LogP) is 4.38. The van der Waals surface area contributed by atoms with Crippen molar-refractivity contribution in [3.63, 3.8) is 0 Å². The molecule has 1 atom stereocenters. The first-order chi connectivity index (χ1) is 12.7. The fraction of sp³-hybridized carbons (Fsp3) is 0.429. The molecule has 2 aromatic rings. The van der Waals surface area contributed by atoms with Crippen molar-refractivity contribution in [2.45, 2.75) is 45.1 Å². The zero-order valence-electron chi connectivity index (χ0n) is 15.4. The number of nitrogens with zero attached hydrogens (tertiary/aromatic N) is 2. The smallest absolute Gasteiger partial charge is 0.170 e. The summed E-state index contributed by atoms with van der Waals surface area (Å²) in [5.74, 6) is 1.06. The number of aromatic nitrogens is 1. The van der Waals surface area contributed by atoms with Crippen LogP contribution in [0.15, 0.2) is 48.7 Å². The molecule has 3 rings (SSSR count). The maximum Gasteiger partial charge on any atom is 0.170 e. The molecule has 1 saturated heterocycles. The molecule has 0 aliphatic carbocycles. The lowest BCUT2D eigenvalue weighted by molar-refractivity contribution is 0.481. The summed E-state index contributed by atoms with van der Waals surface area (Å²) in [7, 11) is 0. The maximum absolute atomic E-state index is 5.38. The van der Waals surface area contributed by atoms with E-state index in [0.717, 1.165) is 37.4 Å². The van der Waals surface area contributed by atoms with E-state index in [0.29, 0.717) is 11.2 Å². The van der Waals surface area contributed by atoms with Crippen LogP contribution in [-0.2, 0) is 6.42 Å². The molecule has 0 bridgehead atoms. The fourth-order valence-electron chi connectivity index (χ4n) is 3.38. The van der Waals surface area contributed by atoms with Gasteiger partial charge in [-0.1, -0.05) is 30.3 Å². The van der Waals surface area contributed by atoms with Crippen LogP contribution in [0.1, 0.15) is 38.2 Å². The Hall–Kier alpha value is -2.14. The van der Waals surface area contributed by atoms with Gasteiger partial charge in [0.2, 0.25) is 0 Å². The van der Waals surface area contributed by atoms with Crippen molar-refractivity contribution in [2.24, 2.45) is 0 Å². The Labute approximate surface area is 162 Å². The molecule has 0 spiro atoms. The van der Waals surface area contributed by atoms with Crippen LogP contribution in [0.3, 0.4) is 0 Å². The third-order valence-corrected chi connectivity index (χ3v) is 5.12. The number of rotatable bonds is 6. The van der Waals surface area contributed by atoms with Gasteiger partial charge in [0.15, 0.2) is 5.11 Å². The molecule has 2 heterocycles. The molecule has 26 heavy (non-hydrogen) atoms. The number of thiocarbonyl (C=S) groups is 1. The van der Waals surface area contributed by atoms with Gasteiger partial charge in [-0.15, -0.1) is 0 Å². The van der Waals surface area contributed by atoms with Crippen LogP contribution in [0.5, 0.6) is 0 Å². The van der Waals surface area contributed by atoms with Crippen LogP contribution in [0.4, 0.5) is 11.5 Å². The molecule has 0 saturated carbocycles. The molecule has 1 aliphatic rings. The van der Waals surface area contributed by atoms with Crippen molar-refractivity contribution in [2.75, 3.05) is 23.3 Å². The molecule has 4 nitrogen and oxygen atoms in total. The van der Waals surface area contributed by atoms with Crippen LogP contribution >= 0.6 is 12.2 Å². The van der Waals surface area contributed by atoms with Gasteiger partial charge in [0.1, 0.15) is 5.82 Å². The van der Waals surface area contributed by atoms with Gasteiger partial charge in [0, 0.05) is 19.1 Å². The minimum absolute atomic E-state index is 0.572. The van der Waals surface area contributed by atoms with Gasteiger partial charge in [0.05, 0.1) is 11.9 Å². The number of benzene rings is 1. The summed E-state index contributed by atoms with van der Waals surface area (Å²) >= 11 is 5.38. The largest absolute Gasteiger partial charge is 0.362 e. The van der Waals surface area contributed by atoms with Crippen molar-refractivity contribution < 1.29 is 0 Å². The standard InChI is InChI=1S/C21H28N4S/c1-17-8-5-6-15-25(17)20-13-12-19(16-23-20)24-21(26)22-14-7-11-18-9-3-2-4-10-18/h2-4,9-10,12-13,16-17H,5-8,11,14-15H2,1H3,(H2,22,24,26)/t17-/m0/s1. The summed E-state index contributed by atoms with van der Waals surface area (Å²) < 4.78 is 0. The van der Waals surface area contributed by atoms with E-state index in [4.69, 9.17) is 12.2 Å². The van der Waals surface area contributed by atoms with Gasteiger partial charge < -0.3 is 15.5 Å². The molecular formula is C21H28N4S. The Balaban J connectivity index is 1.41. The van der Waals surface area contributed by atoms with E-state index in [2.05, 4.69) is 63.8 Å². The van der Waals surface area contributed by atoms with Crippen LogP contribution in [-0.4, -0.2) is 29.2 Å². The SMILES string of the molecule is C[C@H]1CCCCN1c1ccc(NC(=S)NCCCc2ccccc2)cn1. The van der Waals surface area contributed by atoms with Crippen molar-refractivity contribution in [3.8, 4) is 0 Å². The topological polar surface area (TPSA) is 40.2 Å². The Kier molecular flexibility index (Phi) is 6.83. The summed E-state index contributed by atoms with van der Waals surface area (Å²) in [4.78, 5) is 7.01. The summed E-state index contributed by atoms with van der Waals surface area (Å²) in [6.45, 7) is 4.24. The highest BCUT2D eigenvalue weighted by molar-refractivity contribution is 7.80. The predicted molar refractivity (Wildman–Crippen MR) is 114 cm³/mol. The van der Waals surface area contributed by atoms with Gasteiger partial charge in [0.25, 0.3) is 0 Å². The highest BCUT2D eigenvalue weighted by Gasteiger charge is 2.19. The quantitative estimate of drug-likeness (QED) is 0.585.